The topological polar surface area (TPSA) is 106 Å². The minimum absolute atomic E-state index is 0.149. The largest absolute Gasteiger partial charge is 0.276 e. The molecule has 0 aliphatic carbocycles. The number of aromatic nitrogens is 5. The van der Waals surface area contributed by atoms with Crippen LogP contribution in [0.25, 0.3) is 21.8 Å². The number of thioether (sulfide) groups is 1. The van der Waals surface area contributed by atoms with Crippen LogP contribution in [0.15, 0.2) is 68.7 Å². The molecule has 5 rings (SSSR count). The summed E-state index contributed by atoms with van der Waals surface area (Å²) in [5.41, 5.74) is 1.77. The maximum Gasteiger partial charge on any atom is 0.276 e. The number of rotatable bonds is 4. The van der Waals surface area contributed by atoms with Crippen LogP contribution in [-0.4, -0.2) is 24.1 Å². The first-order valence-electron chi connectivity index (χ1n) is 9.54. The van der Waals surface area contributed by atoms with Crippen molar-refractivity contribution in [3.63, 3.8) is 0 Å². The van der Waals surface area contributed by atoms with Gasteiger partial charge in [-0.2, -0.15) is 5.26 Å². The van der Waals surface area contributed by atoms with E-state index in [4.69, 9.17) is 0 Å². The van der Waals surface area contributed by atoms with Gasteiger partial charge in [0.15, 0.2) is 9.99 Å². The van der Waals surface area contributed by atoms with Crippen LogP contribution < -0.4 is 11.1 Å². The van der Waals surface area contributed by atoms with Crippen molar-refractivity contribution in [1.29, 1.82) is 5.26 Å². The summed E-state index contributed by atoms with van der Waals surface area (Å²) in [5, 5.41) is 18.2. The lowest BCUT2D eigenvalue weighted by Gasteiger charge is -2.08. The average molecular weight is 459 g/mol. The first-order chi connectivity index (χ1) is 15.5. The van der Waals surface area contributed by atoms with Crippen LogP contribution in [0.2, 0.25) is 0 Å². The summed E-state index contributed by atoms with van der Waals surface area (Å²) in [6, 6.07) is 16.5. The van der Waals surface area contributed by atoms with E-state index in [0.29, 0.717) is 15.7 Å². The Morgan fingerprint density at radius 2 is 1.91 bits per heavy atom. The molecule has 4 aromatic heterocycles. The number of nitriles is 1. The molecule has 32 heavy (non-hydrogen) atoms. The molecular weight excluding hydrogens is 444 g/mol. The molecule has 0 aliphatic heterocycles. The van der Waals surface area contributed by atoms with Crippen LogP contribution in [0, 0.1) is 18.3 Å². The van der Waals surface area contributed by atoms with E-state index in [1.807, 2.05) is 13.0 Å². The lowest BCUT2D eigenvalue weighted by Crippen LogP contribution is -2.26. The van der Waals surface area contributed by atoms with E-state index in [2.05, 4.69) is 39.4 Å². The maximum atomic E-state index is 13.0. The van der Waals surface area contributed by atoms with Crippen molar-refractivity contribution in [3.8, 4) is 11.2 Å². The molecule has 8 nitrogen and oxygen atoms in total. The second kappa shape index (κ2) is 8.03. The summed E-state index contributed by atoms with van der Waals surface area (Å²) >= 11 is 2.71. The molecule has 0 atom stereocenters. The van der Waals surface area contributed by atoms with Gasteiger partial charge >= 0.3 is 0 Å². The molecule has 0 N–H and O–H groups in total. The number of pyridine rings is 2. The Hall–Kier alpha value is -3.81. The van der Waals surface area contributed by atoms with Gasteiger partial charge in [-0.3, -0.25) is 14.0 Å². The number of nitrogens with zero attached hydrogens (tertiary/aromatic N) is 6. The second-order valence-corrected chi connectivity index (χ2v) is 9.20. The highest BCUT2D eigenvalue weighted by Gasteiger charge is 2.19. The zero-order valence-corrected chi connectivity index (χ0v) is 18.4. The Morgan fingerprint density at radius 1 is 1.09 bits per heavy atom. The molecule has 0 unspecified atom stereocenters. The van der Waals surface area contributed by atoms with Crippen molar-refractivity contribution in [2.75, 3.05) is 0 Å². The van der Waals surface area contributed by atoms with Crippen LogP contribution in [0.5, 0.6) is 0 Å². The lowest BCUT2D eigenvalue weighted by molar-refractivity contribution is 0.914. The van der Waals surface area contributed by atoms with Crippen LogP contribution in [0.4, 0.5) is 0 Å². The Balaban J connectivity index is 1.63. The summed E-state index contributed by atoms with van der Waals surface area (Å²) < 4.78 is 3.25. The summed E-state index contributed by atoms with van der Waals surface area (Å²) in [4.78, 5) is 30.5. The normalized spacial score (nSPS) is 11.1. The fourth-order valence-corrected chi connectivity index (χ4v) is 5.05. The van der Waals surface area contributed by atoms with E-state index < -0.39 is 5.56 Å². The molecule has 0 amide bonds. The van der Waals surface area contributed by atoms with Gasteiger partial charge in [-0.1, -0.05) is 59.0 Å². The van der Waals surface area contributed by atoms with Crippen molar-refractivity contribution in [2.45, 2.75) is 17.0 Å². The zero-order valence-electron chi connectivity index (χ0n) is 16.7. The smallest absolute Gasteiger partial charge is 0.268 e. The molecule has 0 aliphatic rings. The molecular formula is C22H14N6O2S2. The van der Waals surface area contributed by atoms with Gasteiger partial charge in [0.05, 0.1) is 5.39 Å². The Labute approximate surface area is 189 Å². The highest BCUT2D eigenvalue weighted by molar-refractivity contribution is 8.00. The standard InChI is InChI=1S/C22H14N6O2S2/c1-13-5-7-14(8-6-13)12-31-22-26-25-21(32-22)28-18-16(10-15(11-23)19(28)29)20(30)27-9-3-2-4-17(27)24-18/h2-10H,12H2,1H3. The van der Waals surface area contributed by atoms with E-state index in [1.165, 1.54) is 43.7 Å². The predicted octanol–water partition coefficient (Wildman–Crippen LogP) is 3.32. The SMILES string of the molecule is Cc1ccc(CSc2nnc(-n3c(=O)c(C#N)cc4c(=O)n5ccccc5nc43)s2)cc1. The first kappa shape index (κ1) is 20.1. The monoisotopic (exact) mass is 458 g/mol. The Kier molecular flexibility index (Phi) is 5.05. The maximum absolute atomic E-state index is 13.0. The molecule has 1 aromatic carbocycles. The fourth-order valence-electron chi connectivity index (χ4n) is 3.25. The fraction of sp³-hybridized carbons (Fsp3) is 0.0909. The molecule has 0 bridgehead atoms. The Morgan fingerprint density at radius 3 is 2.69 bits per heavy atom. The minimum Gasteiger partial charge on any atom is -0.268 e. The van der Waals surface area contributed by atoms with E-state index >= 15 is 0 Å². The molecule has 0 spiro atoms. The third kappa shape index (κ3) is 3.47. The molecule has 0 saturated carbocycles. The molecule has 0 radical (unpaired) electrons. The van der Waals surface area contributed by atoms with Crippen molar-refractivity contribution < 1.29 is 0 Å². The molecule has 10 heteroatoms. The average Bonchev–Trinajstić information content (AvgIpc) is 3.27. The quantitative estimate of drug-likeness (QED) is 0.300. The summed E-state index contributed by atoms with van der Waals surface area (Å²) in [6.07, 6.45) is 1.59. The summed E-state index contributed by atoms with van der Waals surface area (Å²) in [7, 11) is 0. The van der Waals surface area contributed by atoms with Crippen LogP contribution >= 0.6 is 23.1 Å². The lowest BCUT2D eigenvalue weighted by atomic mass is 10.2. The number of hydrogen-bond donors (Lipinski definition) is 0. The van der Waals surface area contributed by atoms with Gasteiger partial charge < -0.3 is 0 Å². The number of fused-ring (bicyclic) bond motifs is 2. The van der Waals surface area contributed by atoms with Crippen LogP contribution in [-0.2, 0) is 5.75 Å². The van der Waals surface area contributed by atoms with Crippen molar-refractivity contribution >= 4 is 39.8 Å². The predicted molar refractivity (Wildman–Crippen MR) is 123 cm³/mol. The van der Waals surface area contributed by atoms with Crippen LogP contribution in [0.3, 0.4) is 0 Å². The minimum atomic E-state index is -0.585. The van der Waals surface area contributed by atoms with Gasteiger partial charge in [-0.05, 0) is 30.7 Å². The van der Waals surface area contributed by atoms with E-state index in [0.717, 1.165) is 5.56 Å². The molecule has 4 heterocycles. The highest BCUT2D eigenvalue weighted by atomic mass is 32.2. The number of hydrogen-bond acceptors (Lipinski definition) is 8. The molecule has 156 valence electrons. The van der Waals surface area contributed by atoms with Crippen molar-refractivity contribution in [2.24, 2.45) is 0 Å². The van der Waals surface area contributed by atoms with Gasteiger partial charge in [0.1, 0.15) is 17.3 Å². The number of benzene rings is 1. The first-order valence-corrected chi connectivity index (χ1v) is 11.3. The number of aryl methyl sites for hydroxylation is 1. The van der Waals surface area contributed by atoms with Gasteiger partial charge in [0.2, 0.25) is 5.13 Å². The van der Waals surface area contributed by atoms with Crippen molar-refractivity contribution in [1.82, 2.24) is 24.1 Å². The van der Waals surface area contributed by atoms with E-state index in [9.17, 15) is 14.9 Å². The zero-order chi connectivity index (χ0) is 22.2. The van der Waals surface area contributed by atoms with E-state index in [1.54, 1.807) is 24.4 Å². The third-order valence-corrected chi connectivity index (χ3v) is 6.99. The summed E-state index contributed by atoms with van der Waals surface area (Å²) in [6.45, 7) is 2.04. The molecule has 0 saturated heterocycles. The van der Waals surface area contributed by atoms with Gasteiger partial charge in [0.25, 0.3) is 11.1 Å². The highest BCUT2D eigenvalue weighted by Crippen LogP contribution is 2.28. The van der Waals surface area contributed by atoms with Gasteiger partial charge in [0, 0.05) is 11.9 Å². The second-order valence-electron chi connectivity index (χ2n) is 7.02. The van der Waals surface area contributed by atoms with Gasteiger partial charge in [-0.25, -0.2) is 9.55 Å². The van der Waals surface area contributed by atoms with Crippen LogP contribution in [0.1, 0.15) is 16.7 Å². The van der Waals surface area contributed by atoms with Crippen molar-refractivity contribution in [3.05, 3.63) is 92.1 Å². The van der Waals surface area contributed by atoms with Gasteiger partial charge in [-0.15, -0.1) is 10.2 Å². The third-order valence-electron chi connectivity index (χ3n) is 4.87. The molecule has 5 aromatic rings. The van der Waals surface area contributed by atoms with E-state index in [-0.39, 0.29) is 27.3 Å². The summed E-state index contributed by atoms with van der Waals surface area (Å²) in [5.74, 6) is 0.701. The molecule has 0 fully saturated rings. The Bertz CT molecular complexity index is 1640.